The Bertz CT molecular complexity index is 825. The van der Waals surface area contributed by atoms with E-state index in [2.05, 4.69) is 10.6 Å². The van der Waals surface area contributed by atoms with Crippen molar-refractivity contribution in [2.45, 2.75) is 13.0 Å². The molecule has 2 aromatic rings. The number of carbonyl (C=O) groups excluding carboxylic acids is 2. The summed E-state index contributed by atoms with van der Waals surface area (Å²) >= 11 is 0. The molecule has 0 saturated heterocycles. The highest BCUT2D eigenvalue weighted by Gasteiger charge is 2.12. The molecule has 154 valence electrons. The van der Waals surface area contributed by atoms with Gasteiger partial charge >= 0.3 is 0 Å². The van der Waals surface area contributed by atoms with E-state index < -0.39 is 0 Å². The van der Waals surface area contributed by atoms with Crippen LogP contribution in [0.1, 0.15) is 17.5 Å². The highest BCUT2D eigenvalue weighted by Crippen LogP contribution is 2.38. The number of hydrogen-bond acceptors (Lipinski definition) is 5. The first-order valence-corrected chi connectivity index (χ1v) is 9.14. The summed E-state index contributed by atoms with van der Waals surface area (Å²) in [4.78, 5) is 23.9. The lowest BCUT2D eigenvalue weighted by atomic mass is 10.1. The van der Waals surface area contributed by atoms with Gasteiger partial charge in [-0.3, -0.25) is 9.59 Å². The molecule has 0 aliphatic heterocycles. The predicted octanol–water partition coefficient (Wildman–Crippen LogP) is 2.55. The van der Waals surface area contributed by atoms with Gasteiger partial charge in [0, 0.05) is 25.6 Å². The minimum Gasteiger partial charge on any atom is -0.493 e. The highest BCUT2D eigenvalue weighted by molar-refractivity contribution is 5.92. The predicted molar refractivity (Wildman–Crippen MR) is 111 cm³/mol. The van der Waals surface area contributed by atoms with Crippen LogP contribution in [0.2, 0.25) is 0 Å². The largest absolute Gasteiger partial charge is 0.493 e. The summed E-state index contributed by atoms with van der Waals surface area (Å²) in [5.41, 5.74) is 1.74. The molecule has 0 heterocycles. The summed E-state index contributed by atoms with van der Waals surface area (Å²) in [6.07, 6.45) is 3.23. The molecule has 7 heteroatoms. The van der Waals surface area contributed by atoms with Crippen LogP contribution in [-0.2, 0) is 16.1 Å². The fourth-order valence-electron chi connectivity index (χ4n) is 2.61. The van der Waals surface area contributed by atoms with Gasteiger partial charge in [-0.05, 0) is 29.3 Å². The second kappa shape index (κ2) is 11.4. The molecule has 2 aromatic carbocycles. The zero-order valence-corrected chi connectivity index (χ0v) is 16.9. The maximum absolute atomic E-state index is 12.0. The third kappa shape index (κ3) is 6.88. The Kier molecular flexibility index (Phi) is 8.56. The van der Waals surface area contributed by atoms with E-state index in [9.17, 15) is 9.59 Å². The van der Waals surface area contributed by atoms with Gasteiger partial charge < -0.3 is 24.8 Å². The van der Waals surface area contributed by atoms with Crippen molar-refractivity contribution < 1.29 is 23.8 Å². The lowest BCUT2D eigenvalue weighted by molar-refractivity contribution is -0.121. The van der Waals surface area contributed by atoms with E-state index >= 15 is 0 Å². The smallest absolute Gasteiger partial charge is 0.244 e. The van der Waals surface area contributed by atoms with Gasteiger partial charge in [0.2, 0.25) is 17.6 Å². The molecule has 0 saturated carbocycles. The van der Waals surface area contributed by atoms with Crippen molar-refractivity contribution in [3.8, 4) is 17.2 Å². The van der Waals surface area contributed by atoms with E-state index in [-0.39, 0.29) is 24.8 Å². The van der Waals surface area contributed by atoms with Gasteiger partial charge in [0.15, 0.2) is 11.5 Å². The normalized spacial score (nSPS) is 10.4. The molecule has 0 spiro atoms. The summed E-state index contributed by atoms with van der Waals surface area (Å²) in [5.74, 6) is 1.07. The molecule has 0 bridgehead atoms. The Hall–Kier alpha value is -3.48. The molecule has 0 aliphatic rings. The molecular formula is C22H26N2O5. The third-order valence-electron chi connectivity index (χ3n) is 4.10. The van der Waals surface area contributed by atoms with E-state index in [1.807, 2.05) is 30.3 Å². The van der Waals surface area contributed by atoms with E-state index in [0.717, 1.165) is 11.1 Å². The minimum atomic E-state index is -0.297. The van der Waals surface area contributed by atoms with Crippen molar-refractivity contribution in [1.29, 1.82) is 0 Å². The minimum absolute atomic E-state index is 0.122. The van der Waals surface area contributed by atoms with E-state index in [1.54, 1.807) is 18.2 Å². The first kappa shape index (κ1) is 21.8. The van der Waals surface area contributed by atoms with Crippen LogP contribution < -0.4 is 24.8 Å². The standard InChI is InChI=1S/C22H26N2O5/c1-27-18-13-17(14-19(28-2)22(18)29-3)9-10-20(25)23-12-11-21(26)24-15-16-7-5-4-6-8-16/h4-10,13-14H,11-12,15H2,1-3H3,(H,23,25)(H,24,26)/b10-9+. The van der Waals surface area contributed by atoms with Gasteiger partial charge in [-0.1, -0.05) is 30.3 Å². The number of carbonyl (C=O) groups is 2. The van der Waals surface area contributed by atoms with Crippen molar-refractivity contribution in [2.24, 2.45) is 0 Å². The maximum Gasteiger partial charge on any atom is 0.244 e. The molecule has 0 unspecified atom stereocenters. The Morgan fingerprint density at radius 3 is 2.17 bits per heavy atom. The molecule has 7 nitrogen and oxygen atoms in total. The second-order valence-corrected chi connectivity index (χ2v) is 6.10. The van der Waals surface area contributed by atoms with E-state index in [0.29, 0.717) is 23.8 Å². The Labute approximate surface area is 170 Å². The van der Waals surface area contributed by atoms with Crippen LogP contribution in [0.15, 0.2) is 48.5 Å². The van der Waals surface area contributed by atoms with Gasteiger partial charge in [-0.2, -0.15) is 0 Å². The average Bonchev–Trinajstić information content (AvgIpc) is 2.76. The van der Waals surface area contributed by atoms with Crippen molar-refractivity contribution in [3.63, 3.8) is 0 Å². The molecule has 0 aliphatic carbocycles. The monoisotopic (exact) mass is 398 g/mol. The van der Waals surface area contributed by atoms with Crippen molar-refractivity contribution in [3.05, 3.63) is 59.7 Å². The van der Waals surface area contributed by atoms with Crippen molar-refractivity contribution in [2.75, 3.05) is 27.9 Å². The van der Waals surface area contributed by atoms with Gasteiger partial charge in [0.1, 0.15) is 0 Å². The van der Waals surface area contributed by atoms with E-state index in [1.165, 1.54) is 27.4 Å². The molecular weight excluding hydrogens is 372 g/mol. The molecule has 29 heavy (non-hydrogen) atoms. The third-order valence-corrected chi connectivity index (χ3v) is 4.10. The number of benzene rings is 2. The number of amides is 2. The number of hydrogen-bond donors (Lipinski definition) is 2. The summed E-state index contributed by atoms with van der Waals surface area (Å²) in [5, 5.41) is 5.51. The van der Waals surface area contributed by atoms with Crippen LogP contribution in [0.3, 0.4) is 0 Å². The molecule has 0 aromatic heterocycles. The van der Waals surface area contributed by atoms with Crippen LogP contribution in [0.4, 0.5) is 0 Å². The van der Waals surface area contributed by atoms with Crippen LogP contribution in [0.5, 0.6) is 17.2 Å². The number of nitrogens with one attached hydrogen (secondary N) is 2. The first-order valence-electron chi connectivity index (χ1n) is 9.14. The van der Waals surface area contributed by atoms with Crippen molar-refractivity contribution in [1.82, 2.24) is 10.6 Å². The second-order valence-electron chi connectivity index (χ2n) is 6.10. The Morgan fingerprint density at radius 2 is 1.59 bits per heavy atom. The van der Waals surface area contributed by atoms with Gasteiger partial charge in [-0.15, -0.1) is 0 Å². The van der Waals surface area contributed by atoms with Crippen molar-refractivity contribution >= 4 is 17.9 Å². The first-order chi connectivity index (χ1) is 14.1. The SMILES string of the molecule is COc1cc(/C=C/C(=O)NCCC(=O)NCc2ccccc2)cc(OC)c1OC. The topological polar surface area (TPSA) is 85.9 Å². The quantitative estimate of drug-likeness (QED) is 0.601. The molecule has 2 rings (SSSR count). The van der Waals surface area contributed by atoms with Gasteiger partial charge in [0.25, 0.3) is 0 Å². The summed E-state index contributed by atoms with van der Waals surface area (Å²) < 4.78 is 15.8. The number of ether oxygens (including phenoxy) is 3. The molecule has 0 radical (unpaired) electrons. The van der Waals surface area contributed by atoms with Crippen LogP contribution in [0, 0.1) is 0 Å². The molecule has 2 N–H and O–H groups in total. The molecule has 0 fully saturated rings. The van der Waals surface area contributed by atoms with E-state index in [4.69, 9.17) is 14.2 Å². The van der Waals surface area contributed by atoms with Gasteiger partial charge in [0.05, 0.1) is 21.3 Å². The molecule has 2 amide bonds. The summed E-state index contributed by atoms with van der Waals surface area (Å²) in [7, 11) is 4.58. The maximum atomic E-state index is 12.0. The fourth-order valence-corrected chi connectivity index (χ4v) is 2.61. The summed E-state index contributed by atoms with van der Waals surface area (Å²) in [6.45, 7) is 0.716. The lowest BCUT2D eigenvalue weighted by Crippen LogP contribution is -2.29. The van der Waals surface area contributed by atoms with Crippen LogP contribution >= 0.6 is 0 Å². The Morgan fingerprint density at radius 1 is 0.931 bits per heavy atom. The molecule has 0 atom stereocenters. The van der Waals surface area contributed by atoms with Crippen LogP contribution in [-0.4, -0.2) is 39.7 Å². The zero-order chi connectivity index (χ0) is 21.1. The zero-order valence-electron chi connectivity index (χ0n) is 16.9. The summed E-state index contributed by atoms with van der Waals surface area (Å²) in [6, 6.07) is 13.1. The highest BCUT2D eigenvalue weighted by atomic mass is 16.5. The fraction of sp³-hybridized carbons (Fsp3) is 0.273. The van der Waals surface area contributed by atoms with Gasteiger partial charge in [-0.25, -0.2) is 0 Å². The average molecular weight is 398 g/mol. The number of methoxy groups -OCH3 is 3. The van der Waals surface area contributed by atoms with Crippen LogP contribution in [0.25, 0.3) is 6.08 Å². The number of rotatable bonds is 10. The Balaban J connectivity index is 1.81. The lowest BCUT2D eigenvalue weighted by Gasteiger charge is -2.12.